The van der Waals surface area contributed by atoms with Gasteiger partial charge >= 0.3 is 0 Å². The van der Waals surface area contributed by atoms with Crippen molar-refractivity contribution in [3.63, 3.8) is 0 Å². The summed E-state index contributed by atoms with van der Waals surface area (Å²) in [5, 5.41) is 3.57. The first kappa shape index (κ1) is 9.46. The molecule has 2 heteroatoms. The molecule has 2 nitrogen and oxygen atoms in total. The van der Waals surface area contributed by atoms with Crippen molar-refractivity contribution >= 4 is 6.21 Å². The molecule has 2 N–H and O–H groups in total. The quantitative estimate of drug-likeness (QED) is 0.447. The highest BCUT2D eigenvalue weighted by Gasteiger charge is 2.00. The van der Waals surface area contributed by atoms with Gasteiger partial charge in [-0.1, -0.05) is 54.6 Å². The van der Waals surface area contributed by atoms with Crippen LogP contribution in [0.2, 0.25) is 0 Å². The third kappa shape index (κ3) is 2.05. The lowest BCUT2D eigenvalue weighted by atomic mass is 10.0. The van der Waals surface area contributed by atoms with Crippen LogP contribution in [-0.2, 0) is 0 Å². The molecule has 0 aromatic heterocycles. The van der Waals surface area contributed by atoms with Crippen molar-refractivity contribution in [3.8, 4) is 11.1 Å². The Labute approximate surface area is 89.1 Å². The van der Waals surface area contributed by atoms with Crippen LogP contribution in [0.25, 0.3) is 11.1 Å². The SMILES string of the molecule is NN=Cc1ccccc1-c1ccccc1. The van der Waals surface area contributed by atoms with Crippen LogP contribution in [0.1, 0.15) is 5.56 Å². The summed E-state index contributed by atoms with van der Waals surface area (Å²) in [7, 11) is 0. The summed E-state index contributed by atoms with van der Waals surface area (Å²) in [6, 6.07) is 18.2. The molecule has 0 saturated heterocycles. The van der Waals surface area contributed by atoms with Crippen molar-refractivity contribution in [2.45, 2.75) is 0 Å². The van der Waals surface area contributed by atoms with Crippen LogP contribution in [-0.4, -0.2) is 6.21 Å². The molecule has 2 rings (SSSR count). The van der Waals surface area contributed by atoms with Crippen LogP contribution in [0.4, 0.5) is 0 Å². The van der Waals surface area contributed by atoms with Crippen LogP contribution in [0.3, 0.4) is 0 Å². The average Bonchev–Trinajstić information content (AvgIpc) is 2.31. The van der Waals surface area contributed by atoms with E-state index in [2.05, 4.69) is 23.3 Å². The van der Waals surface area contributed by atoms with Crippen LogP contribution < -0.4 is 5.84 Å². The molecule has 2 aromatic carbocycles. The molecule has 15 heavy (non-hydrogen) atoms. The molecule has 0 aliphatic rings. The molecule has 74 valence electrons. The lowest BCUT2D eigenvalue weighted by molar-refractivity contribution is 1.26. The Kier molecular flexibility index (Phi) is 2.79. The van der Waals surface area contributed by atoms with Crippen molar-refractivity contribution in [3.05, 3.63) is 60.2 Å². The maximum atomic E-state index is 5.18. The Morgan fingerprint density at radius 3 is 2.27 bits per heavy atom. The van der Waals surface area contributed by atoms with E-state index in [9.17, 15) is 0 Å². The molecule has 0 atom stereocenters. The summed E-state index contributed by atoms with van der Waals surface area (Å²) in [5.41, 5.74) is 3.35. The fourth-order valence-electron chi connectivity index (χ4n) is 1.57. The maximum Gasteiger partial charge on any atom is 0.0544 e. The second kappa shape index (κ2) is 4.42. The van der Waals surface area contributed by atoms with Crippen molar-refractivity contribution in [2.24, 2.45) is 10.9 Å². The van der Waals surface area contributed by atoms with Gasteiger partial charge in [-0.25, -0.2) is 0 Å². The molecular weight excluding hydrogens is 184 g/mol. The van der Waals surface area contributed by atoms with Gasteiger partial charge in [-0.2, -0.15) is 5.10 Å². The second-order valence-electron chi connectivity index (χ2n) is 3.23. The Balaban J connectivity index is 2.53. The molecule has 2 aromatic rings. The highest BCUT2D eigenvalue weighted by molar-refractivity contribution is 5.90. The average molecular weight is 196 g/mol. The predicted molar refractivity (Wildman–Crippen MR) is 63.7 cm³/mol. The van der Waals surface area contributed by atoms with E-state index < -0.39 is 0 Å². The molecular formula is C13H12N2. The minimum absolute atomic E-state index is 1.03. The summed E-state index contributed by atoms with van der Waals surface area (Å²) < 4.78 is 0. The Morgan fingerprint density at radius 1 is 0.867 bits per heavy atom. The molecule has 0 bridgehead atoms. The zero-order chi connectivity index (χ0) is 10.5. The number of nitrogens with zero attached hydrogens (tertiary/aromatic N) is 1. The van der Waals surface area contributed by atoms with Gasteiger partial charge in [0.2, 0.25) is 0 Å². The first-order valence-electron chi connectivity index (χ1n) is 4.79. The fourth-order valence-corrected chi connectivity index (χ4v) is 1.57. The number of rotatable bonds is 2. The number of hydrogen-bond acceptors (Lipinski definition) is 2. The van der Waals surface area contributed by atoms with E-state index in [0.29, 0.717) is 0 Å². The Hall–Kier alpha value is -2.09. The normalized spacial score (nSPS) is 10.7. The number of hydrazone groups is 1. The minimum atomic E-state index is 1.03. The zero-order valence-corrected chi connectivity index (χ0v) is 8.30. The number of benzene rings is 2. The second-order valence-corrected chi connectivity index (χ2v) is 3.23. The van der Waals surface area contributed by atoms with Gasteiger partial charge in [-0.3, -0.25) is 0 Å². The topological polar surface area (TPSA) is 38.4 Å². The molecule has 0 saturated carbocycles. The van der Waals surface area contributed by atoms with Gasteiger partial charge in [0.05, 0.1) is 6.21 Å². The zero-order valence-electron chi connectivity index (χ0n) is 8.30. The maximum absolute atomic E-state index is 5.18. The first-order valence-corrected chi connectivity index (χ1v) is 4.79. The number of nitrogens with two attached hydrogens (primary N) is 1. The molecule has 0 aliphatic heterocycles. The van der Waals surface area contributed by atoms with Gasteiger partial charge in [0, 0.05) is 5.56 Å². The van der Waals surface area contributed by atoms with E-state index in [1.807, 2.05) is 36.4 Å². The first-order chi connectivity index (χ1) is 7.42. The van der Waals surface area contributed by atoms with Crippen LogP contribution in [0.5, 0.6) is 0 Å². The lowest BCUT2D eigenvalue weighted by Crippen LogP contribution is -1.90. The molecule has 0 radical (unpaired) electrons. The highest BCUT2D eigenvalue weighted by Crippen LogP contribution is 2.21. The fraction of sp³-hybridized carbons (Fsp3) is 0. The van der Waals surface area contributed by atoms with E-state index in [0.717, 1.165) is 11.1 Å². The molecule has 0 amide bonds. The third-order valence-corrected chi connectivity index (χ3v) is 2.26. The van der Waals surface area contributed by atoms with E-state index >= 15 is 0 Å². The highest BCUT2D eigenvalue weighted by atomic mass is 15.1. The standard InChI is InChI=1S/C13H12N2/c14-15-10-12-8-4-5-9-13(12)11-6-2-1-3-7-11/h1-10H,14H2. The lowest BCUT2D eigenvalue weighted by Gasteiger charge is -2.04. The summed E-state index contributed by atoms with van der Waals surface area (Å²) in [6.45, 7) is 0. The largest absolute Gasteiger partial charge is 0.323 e. The van der Waals surface area contributed by atoms with Gasteiger partial charge in [0.25, 0.3) is 0 Å². The van der Waals surface area contributed by atoms with E-state index in [-0.39, 0.29) is 0 Å². The molecule has 0 heterocycles. The molecule has 0 spiro atoms. The van der Waals surface area contributed by atoms with E-state index in [4.69, 9.17) is 5.84 Å². The summed E-state index contributed by atoms with van der Waals surface area (Å²) >= 11 is 0. The smallest absolute Gasteiger partial charge is 0.0544 e. The van der Waals surface area contributed by atoms with Gasteiger partial charge in [-0.15, -0.1) is 0 Å². The van der Waals surface area contributed by atoms with Gasteiger partial charge < -0.3 is 5.84 Å². The number of hydrogen-bond donors (Lipinski definition) is 1. The van der Waals surface area contributed by atoms with Crippen LogP contribution in [0, 0.1) is 0 Å². The molecule has 0 fully saturated rings. The molecule has 0 unspecified atom stereocenters. The van der Waals surface area contributed by atoms with Crippen molar-refractivity contribution in [2.75, 3.05) is 0 Å². The molecule has 0 aliphatic carbocycles. The van der Waals surface area contributed by atoms with Gasteiger partial charge in [0.1, 0.15) is 0 Å². The third-order valence-electron chi connectivity index (χ3n) is 2.26. The predicted octanol–water partition coefficient (Wildman–Crippen LogP) is 2.65. The Bertz CT molecular complexity index is 461. The van der Waals surface area contributed by atoms with Crippen molar-refractivity contribution in [1.29, 1.82) is 0 Å². The van der Waals surface area contributed by atoms with Crippen LogP contribution in [0.15, 0.2) is 59.7 Å². The summed E-state index contributed by atoms with van der Waals surface area (Å²) in [6.07, 6.45) is 1.67. The summed E-state index contributed by atoms with van der Waals surface area (Å²) in [5.74, 6) is 5.18. The van der Waals surface area contributed by atoms with Crippen molar-refractivity contribution < 1.29 is 0 Å². The minimum Gasteiger partial charge on any atom is -0.323 e. The van der Waals surface area contributed by atoms with Crippen molar-refractivity contribution in [1.82, 2.24) is 0 Å². The van der Waals surface area contributed by atoms with E-state index in [1.165, 1.54) is 5.56 Å². The van der Waals surface area contributed by atoms with Gasteiger partial charge in [0.15, 0.2) is 0 Å². The van der Waals surface area contributed by atoms with Crippen LogP contribution >= 0.6 is 0 Å². The Morgan fingerprint density at radius 2 is 1.53 bits per heavy atom. The monoisotopic (exact) mass is 196 g/mol. The van der Waals surface area contributed by atoms with Gasteiger partial charge in [-0.05, 0) is 11.1 Å². The van der Waals surface area contributed by atoms with E-state index in [1.54, 1.807) is 6.21 Å². The summed E-state index contributed by atoms with van der Waals surface area (Å²) in [4.78, 5) is 0.